The zero-order valence-electron chi connectivity index (χ0n) is 23.5. The zero-order chi connectivity index (χ0) is 26.1. The molecule has 1 heterocycles. The van der Waals surface area contributed by atoms with Crippen LogP contribution >= 0.6 is 0 Å². The first kappa shape index (κ1) is 28.7. The van der Waals surface area contributed by atoms with Gasteiger partial charge in [-0.25, -0.2) is 0 Å². The lowest BCUT2D eigenvalue weighted by atomic mass is 9.72. The molecule has 1 fully saturated rings. The van der Waals surface area contributed by atoms with E-state index in [0.29, 0.717) is 19.8 Å². The van der Waals surface area contributed by atoms with Crippen LogP contribution < -0.4 is 4.74 Å². The van der Waals surface area contributed by atoms with Crippen LogP contribution in [-0.2, 0) is 16.7 Å². The van der Waals surface area contributed by atoms with Gasteiger partial charge in [0.25, 0.3) is 0 Å². The van der Waals surface area contributed by atoms with E-state index in [4.69, 9.17) is 9.47 Å². The van der Waals surface area contributed by atoms with Gasteiger partial charge in [-0.3, -0.25) is 0 Å². The molecule has 1 aliphatic rings. The second-order valence-electron chi connectivity index (χ2n) is 12.8. The largest absolute Gasteiger partial charge is 0.491 e. The number of benzene rings is 2. The molecule has 1 atom stereocenters. The number of ether oxygens (including phenoxy) is 2. The highest BCUT2D eigenvalue weighted by molar-refractivity contribution is 5.31. The van der Waals surface area contributed by atoms with Crippen molar-refractivity contribution in [2.75, 3.05) is 39.5 Å². The van der Waals surface area contributed by atoms with E-state index < -0.39 is 6.10 Å². The maximum atomic E-state index is 10.9. The predicted octanol–water partition coefficient (Wildman–Crippen LogP) is 6.75. The number of likely N-dealkylation sites (tertiary alicyclic amines) is 1. The van der Waals surface area contributed by atoms with Crippen LogP contribution in [0.2, 0.25) is 0 Å². The Kier molecular flexibility index (Phi) is 10.4. The fourth-order valence-electron chi connectivity index (χ4n) is 6.10. The molecule has 200 valence electrons. The third-order valence-electron chi connectivity index (χ3n) is 7.39. The summed E-state index contributed by atoms with van der Waals surface area (Å²) in [4.78, 5) is 0. The van der Waals surface area contributed by atoms with Crippen molar-refractivity contribution in [3.8, 4) is 5.75 Å². The van der Waals surface area contributed by atoms with Crippen LogP contribution in [0.3, 0.4) is 0 Å². The summed E-state index contributed by atoms with van der Waals surface area (Å²) in [6, 6.07) is 19.2. The Balaban J connectivity index is 1.43. The highest BCUT2D eigenvalue weighted by atomic mass is 16.5. The summed E-state index contributed by atoms with van der Waals surface area (Å²) >= 11 is 0. The van der Waals surface area contributed by atoms with Crippen molar-refractivity contribution in [2.45, 2.75) is 84.8 Å². The summed E-state index contributed by atoms with van der Waals surface area (Å²) in [7, 11) is 0. The standard InChI is InChI=1S/C32H50NO3/c1-31(2,3)26-32(4,5)28-15-17-30(18-16-28)36-22-21-35-25-29(34)24-33(19-11-6-7-12-20-33)23-27-13-9-8-10-14-27/h8-10,13-18,29,34H,6-7,11-12,19-26H2,1-5H3/q+1. The highest BCUT2D eigenvalue weighted by Gasteiger charge is 2.32. The van der Waals surface area contributed by atoms with Crippen LogP contribution in [0.25, 0.3) is 0 Å². The first-order valence-corrected chi connectivity index (χ1v) is 14.0. The van der Waals surface area contributed by atoms with E-state index in [0.717, 1.165) is 42.8 Å². The number of aliphatic hydroxyl groups is 1. The predicted molar refractivity (Wildman–Crippen MR) is 149 cm³/mol. The van der Waals surface area contributed by atoms with Crippen molar-refractivity contribution in [1.29, 1.82) is 0 Å². The maximum Gasteiger partial charge on any atom is 0.126 e. The number of hydrogen-bond acceptors (Lipinski definition) is 3. The zero-order valence-corrected chi connectivity index (χ0v) is 23.5. The van der Waals surface area contributed by atoms with Crippen molar-refractivity contribution in [3.05, 3.63) is 65.7 Å². The SMILES string of the molecule is CC(C)(C)CC(C)(C)c1ccc(OCCOCC(O)C[N+]2(Cc3ccccc3)CCCCCC2)cc1. The molecule has 2 aromatic carbocycles. The van der Waals surface area contributed by atoms with Crippen molar-refractivity contribution in [2.24, 2.45) is 5.41 Å². The lowest BCUT2D eigenvalue weighted by Crippen LogP contribution is -2.53. The smallest absolute Gasteiger partial charge is 0.126 e. The Bertz CT molecular complexity index is 878. The molecule has 4 nitrogen and oxygen atoms in total. The van der Waals surface area contributed by atoms with Crippen LogP contribution in [-0.4, -0.2) is 55.1 Å². The second kappa shape index (κ2) is 13.1. The van der Waals surface area contributed by atoms with Gasteiger partial charge in [-0.1, -0.05) is 77.1 Å². The third kappa shape index (κ3) is 9.53. The molecular formula is C32H50NO3+. The molecule has 3 rings (SSSR count). The van der Waals surface area contributed by atoms with Gasteiger partial charge in [0.2, 0.25) is 0 Å². The Labute approximate surface area is 220 Å². The van der Waals surface area contributed by atoms with Crippen LogP contribution in [0.1, 0.15) is 77.8 Å². The van der Waals surface area contributed by atoms with Gasteiger partial charge in [0.1, 0.15) is 31.5 Å². The molecule has 1 unspecified atom stereocenters. The van der Waals surface area contributed by atoms with E-state index in [1.54, 1.807) is 0 Å². The molecule has 0 aliphatic carbocycles. The fraction of sp³-hybridized carbons (Fsp3) is 0.625. The highest BCUT2D eigenvalue weighted by Crippen LogP contribution is 2.36. The Morgan fingerprint density at radius 3 is 2.08 bits per heavy atom. The van der Waals surface area contributed by atoms with Crippen LogP contribution in [0, 0.1) is 5.41 Å². The van der Waals surface area contributed by atoms with Crippen LogP contribution in [0.5, 0.6) is 5.75 Å². The molecular weight excluding hydrogens is 446 g/mol. The van der Waals surface area contributed by atoms with E-state index in [1.807, 2.05) is 0 Å². The minimum atomic E-state index is -0.462. The van der Waals surface area contributed by atoms with Crippen LogP contribution in [0.15, 0.2) is 54.6 Å². The molecule has 0 radical (unpaired) electrons. The molecule has 0 saturated carbocycles. The monoisotopic (exact) mass is 496 g/mol. The molecule has 4 heteroatoms. The van der Waals surface area contributed by atoms with Crippen molar-refractivity contribution in [1.82, 2.24) is 0 Å². The second-order valence-corrected chi connectivity index (χ2v) is 12.8. The van der Waals surface area contributed by atoms with Gasteiger partial charge in [0.05, 0.1) is 26.3 Å². The van der Waals surface area contributed by atoms with Gasteiger partial charge in [-0.15, -0.1) is 0 Å². The van der Waals surface area contributed by atoms with Gasteiger partial charge in [-0.2, -0.15) is 0 Å². The summed E-state index contributed by atoms with van der Waals surface area (Å²) in [6.45, 7) is 16.8. The van der Waals surface area contributed by atoms with Gasteiger partial charge < -0.3 is 19.1 Å². The fourth-order valence-corrected chi connectivity index (χ4v) is 6.10. The molecule has 1 saturated heterocycles. The third-order valence-corrected chi connectivity index (χ3v) is 7.39. The molecule has 0 bridgehead atoms. The molecule has 0 amide bonds. The minimum absolute atomic E-state index is 0.129. The normalized spacial score (nSPS) is 17.4. The number of aliphatic hydroxyl groups excluding tert-OH is 1. The summed E-state index contributed by atoms with van der Waals surface area (Å²) in [5, 5.41) is 10.9. The average Bonchev–Trinajstić information content (AvgIpc) is 3.03. The first-order valence-electron chi connectivity index (χ1n) is 14.0. The van der Waals surface area contributed by atoms with E-state index in [-0.39, 0.29) is 10.8 Å². The van der Waals surface area contributed by atoms with E-state index in [2.05, 4.69) is 89.2 Å². The van der Waals surface area contributed by atoms with E-state index in [9.17, 15) is 5.11 Å². The summed E-state index contributed by atoms with van der Waals surface area (Å²) in [6.07, 6.45) is 5.74. The molecule has 1 aliphatic heterocycles. The molecule has 0 aromatic heterocycles. The van der Waals surface area contributed by atoms with Crippen molar-refractivity contribution in [3.63, 3.8) is 0 Å². The van der Waals surface area contributed by atoms with Gasteiger partial charge >= 0.3 is 0 Å². The van der Waals surface area contributed by atoms with Gasteiger partial charge in [0.15, 0.2) is 0 Å². The number of rotatable bonds is 12. The van der Waals surface area contributed by atoms with Crippen molar-refractivity contribution >= 4 is 0 Å². The molecule has 0 spiro atoms. The first-order chi connectivity index (χ1) is 17.1. The summed E-state index contributed by atoms with van der Waals surface area (Å²) in [5.74, 6) is 0.867. The van der Waals surface area contributed by atoms with Crippen LogP contribution in [0.4, 0.5) is 0 Å². The quantitative estimate of drug-likeness (QED) is 0.261. The number of hydrogen-bond donors (Lipinski definition) is 1. The Hall–Kier alpha value is -1.88. The number of nitrogens with zero attached hydrogens (tertiary/aromatic N) is 1. The van der Waals surface area contributed by atoms with E-state index in [1.165, 1.54) is 36.8 Å². The summed E-state index contributed by atoms with van der Waals surface area (Å²) in [5.41, 5.74) is 3.11. The molecule has 2 aromatic rings. The lowest BCUT2D eigenvalue weighted by Gasteiger charge is -2.39. The lowest BCUT2D eigenvalue weighted by molar-refractivity contribution is -0.943. The van der Waals surface area contributed by atoms with Gasteiger partial charge in [0, 0.05) is 5.56 Å². The Morgan fingerprint density at radius 1 is 0.833 bits per heavy atom. The topological polar surface area (TPSA) is 38.7 Å². The number of quaternary nitrogens is 1. The summed E-state index contributed by atoms with van der Waals surface area (Å²) < 4.78 is 12.7. The van der Waals surface area contributed by atoms with Gasteiger partial charge in [-0.05, 0) is 60.6 Å². The Morgan fingerprint density at radius 2 is 1.47 bits per heavy atom. The maximum absolute atomic E-state index is 10.9. The minimum Gasteiger partial charge on any atom is -0.491 e. The van der Waals surface area contributed by atoms with E-state index >= 15 is 0 Å². The van der Waals surface area contributed by atoms with Crippen molar-refractivity contribution < 1.29 is 19.1 Å². The average molecular weight is 497 g/mol. The molecule has 36 heavy (non-hydrogen) atoms. The molecule has 1 N–H and O–H groups in total.